The van der Waals surface area contributed by atoms with Gasteiger partial charge in [-0.05, 0) is 30.4 Å². The number of carbonyl (C=O) groups is 1. The molecular weight excluding hydrogens is 274 g/mol. The first-order valence-electron chi connectivity index (χ1n) is 7.77. The predicted octanol–water partition coefficient (Wildman–Crippen LogP) is 3.70. The molecule has 0 atom stereocenters. The van der Waals surface area contributed by atoms with Crippen LogP contribution in [0.4, 0.5) is 0 Å². The van der Waals surface area contributed by atoms with Crippen molar-refractivity contribution in [3.8, 4) is 0 Å². The van der Waals surface area contributed by atoms with Crippen LogP contribution in [-0.2, 0) is 17.9 Å². The van der Waals surface area contributed by atoms with Gasteiger partial charge in [0.05, 0.1) is 0 Å². The Kier molecular flexibility index (Phi) is 4.25. The van der Waals surface area contributed by atoms with Crippen LogP contribution >= 0.6 is 0 Å². The molecule has 0 spiro atoms. The Morgan fingerprint density at radius 3 is 1.68 bits per heavy atom. The van der Waals surface area contributed by atoms with Crippen molar-refractivity contribution in [2.24, 2.45) is 0 Å². The number of benzene rings is 2. The van der Waals surface area contributed by atoms with Gasteiger partial charge in [-0.3, -0.25) is 9.69 Å². The summed E-state index contributed by atoms with van der Waals surface area (Å²) in [5.41, 5.74) is 1.61. The summed E-state index contributed by atoms with van der Waals surface area (Å²) >= 11 is 0. The van der Waals surface area contributed by atoms with Crippen LogP contribution in [0, 0.1) is 0 Å². The highest BCUT2D eigenvalue weighted by Gasteiger charge is 2.49. The van der Waals surface area contributed by atoms with Crippen molar-refractivity contribution in [1.82, 2.24) is 4.90 Å². The van der Waals surface area contributed by atoms with Crippen LogP contribution in [0.1, 0.15) is 30.4 Å². The van der Waals surface area contributed by atoms with E-state index in [1.54, 1.807) is 0 Å². The van der Waals surface area contributed by atoms with Gasteiger partial charge in [0.2, 0.25) is 0 Å². The number of carboxylic acids is 1. The monoisotopic (exact) mass is 295 g/mol. The van der Waals surface area contributed by atoms with Crippen LogP contribution in [0.15, 0.2) is 60.7 Å². The number of carboxylic acid groups (broad SMARTS) is 1. The minimum atomic E-state index is -0.703. The lowest BCUT2D eigenvalue weighted by Gasteiger charge is -2.47. The van der Waals surface area contributed by atoms with Gasteiger partial charge in [-0.15, -0.1) is 0 Å². The van der Waals surface area contributed by atoms with Gasteiger partial charge >= 0.3 is 5.97 Å². The van der Waals surface area contributed by atoms with Crippen molar-refractivity contribution < 1.29 is 9.90 Å². The first-order chi connectivity index (χ1) is 10.7. The quantitative estimate of drug-likeness (QED) is 0.883. The van der Waals surface area contributed by atoms with Gasteiger partial charge in [0.25, 0.3) is 0 Å². The van der Waals surface area contributed by atoms with Crippen molar-refractivity contribution >= 4 is 5.97 Å². The molecule has 0 radical (unpaired) electrons. The lowest BCUT2D eigenvalue weighted by molar-refractivity contribution is -0.160. The number of nitrogens with zero attached hydrogens (tertiary/aromatic N) is 1. The minimum Gasteiger partial charge on any atom is -0.480 e. The summed E-state index contributed by atoms with van der Waals surface area (Å²) in [5, 5.41) is 9.77. The van der Waals surface area contributed by atoms with E-state index in [2.05, 4.69) is 29.2 Å². The number of hydrogen-bond acceptors (Lipinski definition) is 2. The second kappa shape index (κ2) is 6.32. The zero-order chi connectivity index (χ0) is 15.4. The largest absolute Gasteiger partial charge is 0.480 e. The van der Waals surface area contributed by atoms with Crippen molar-refractivity contribution in [2.75, 3.05) is 0 Å². The molecule has 0 saturated heterocycles. The van der Waals surface area contributed by atoms with Gasteiger partial charge in [0.15, 0.2) is 0 Å². The fourth-order valence-electron chi connectivity index (χ4n) is 3.14. The van der Waals surface area contributed by atoms with Gasteiger partial charge in [0, 0.05) is 13.1 Å². The Bertz CT molecular complexity index is 579. The average Bonchev–Trinajstić information content (AvgIpc) is 2.47. The van der Waals surface area contributed by atoms with Crippen LogP contribution < -0.4 is 0 Å². The molecule has 1 N–H and O–H groups in total. The second-order valence-electron chi connectivity index (χ2n) is 6.02. The van der Waals surface area contributed by atoms with E-state index in [1.165, 1.54) is 0 Å². The summed E-state index contributed by atoms with van der Waals surface area (Å²) < 4.78 is 0. The van der Waals surface area contributed by atoms with E-state index < -0.39 is 11.5 Å². The van der Waals surface area contributed by atoms with E-state index >= 15 is 0 Å². The molecule has 1 aliphatic rings. The lowest BCUT2D eigenvalue weighted by atomic mass is 9.75. The first-order valence-corrected chi connectivity index (χ1v) is 7.77. The topological polar surface area (TPSA) is 40.5 Å². The highest BCUT2D eigenvalue weighted by atomic mass is 16.4. The Balaban J connectivity index is 1.86. The smallest absolute Gasteiger partial charge is 0.324 e. The normalized spacial score (nSPS) is 16.2. The van der Waals surface area contributed by atoms with Gasteiger partial charge in [-0.25, -0.2) is 0 Å². The fourth-order valence-corrected chi connectivity index (χ4v) is 3.14. The molecule has 3 heteroatoms. The average molecular weight is 295 g/mol. The Hall–Kier alpha value is -2.13. The van der Waals surface area contributed by atoms with Gasteiger partial charge < -0.3 is 5.11 Å². The maximum atomic E-state index is 11.9. The van der Waals surface area contributed by atoms with E-state index in [0.717, 1.165) is 30.4 Å². The molecule has 0 aliphatic heterocycles. The first kappa shape index (κ1) is 14.8. The standard InChI is InChI=1S/C19H21NO2/c21-18(22)19(12-7-13-19)20(14-16-8-3-1-4-9-16)15-17-10-5-2-6-11-17/h1-6,8-11H,7,12-15H2,(H,21,22). The molecule has 0 unspecified atom stereocenters. The van der Waals surface area contributed by atoms with E-state index in [-0.39, 0.29) is 0 Å². The number of hydrogen-bond donors (Lipinski definition) is 1. The van der Waals surface area contributed by atoms with Crippen LogP contribution in [0.25, 0.3) is 0 Å². The second-order valence-corrected chi connectivity index (χ2v) is 6.02. The van der Waals surface area contributed by atoms with E-state index in [9.17, 15) is 9.90 Å². The predicted molar refractivity (Wildman–Crippen MR) is 86.3 cm³/mol. The molecule has 3 rings (SSSR count). The summed E-state index contributed by atoms with van der Waals surface area (Å²) in [6, 6.07) is 20.2. The van der Waals surface area contributed by atoms with Crippen LogP contribution in [0.2, 0.25) is 0 Å². The molecule has 0 amide bonds. The minimum absolute atomic E-state index is 0.669. The van der Waals surface area contributed by atoms with Gasteiger partial charge in [-0.2, -0.15) is 0 Å². The van der Waals surface area contributed by atoms with Crippen molar-refractivity contribution in [3.05, 3.63) is 71.8 Å². The summed E-state index contributed by atoms with van der Waals surface area (Å²) in [5.74, 6) is -0.689. The Morgan fingerprint density at radius 1 is 0.909 bits per heavy atom. The van der Waals surface area contributed by atoms with Crippen LogP contribution in [-0.4, -0.2) is 21.5 Å². The summed E-state index contributed by atoms with van der Waals surface area (Å²) in [6.07, 6.45) is 2.47. The maximum Gasteiger partial charge on any atom is 0.324 e. The number of aliphatic carboxylic acids is 1. The van der Waals surface area contributed by atoms with E-state index in [1.807, 2.05) is 36.4 Å². The lowest BCUT2D eigenvalue weighted by Crippen LogP contribution is -2.58. The third-order valence-electron chi connectivity index (χ3n) is 4.62. The summed E-state index contributed by atoms with van der Waals surface area (Å²) in [6.45, 7) is 1.34. The third-order valence-corrected chi connectivity index (χ3v) is 4.62. The molecule has 1 aliphatic carbocycles. The number of rotatable bonds is 6. The molecule has 0 bridgehead atoms. The molecule has 1 fully saturated rings. The summed E-state index contributed by atoms with van der Waals surface area (Å²) in [4.78, 5) is 14.0. The zero-order valence-electron chi connectivity index (χ0n) is 12.6. The molecule has 2 aromatic rings. The van der Waals surface area contributed by atoms with Gasteiger partial charge in [0.1, 0.15) is 5.54 Å². The molecule has 22 heavy (non-hydrogen) atoms. The van der Waals surface area contributed by atoms with Crippen LogP contribution in [0.5, 0.6) is 0 Å². The molecule has 2 aromatic carbocycles. The molecular formula is C19H21NO2. The highest BCUT2D eigenvalue weighted by Crippen LogP contribution is 2.39. The molecule has 114 valence electrons. The van der Waals surface area contributed by atoms with Crippen molar-refractivity contribution in [3.63, 3.8) is 0 Å². The third kappa shape index (κ3) is 2.90. The van der Waals surface area contributed by atoms with E-state index in [0.29, 0.717) is 13.1 Å². The zero-order valence-corrected chi connectivity index (χ0v) is 12.6. The maximum absolute atomic E-state index is 11.9. The Labute approximate surface area is 131 Å². The van der Waals surface area contributed by atoms with Crippen LogP contribution in [0.3, 0.4) is 0 Å². The highest BCUT2D eigenvalue weighted by molar-refractivity contribution is 5.80. The molecule has 0 heterocycles. The summed E-state index contributed by atoms with van der Waals surface area (Å²) in [7, 11) is 0. The molecule has 3 nitrogen and oxygen atoms in total. The Morgan fingerprint density at radius 2 is 1.36 bits per heavy atom. The molecule has 1 saturated carbocycles. The SMILES string of the molecule is O=C(O)C1(N(Cc2ccccc2)Cc2ccccc2)CCC1. The fraction of sp³-hybridized carbons (Fsp3) is 0.316. The van der Waals surface area contributed by atoms with E-state index in [4.69, 9.17) is 0 Å². The van der Waals surface area contributed by atoms with Gasteiger partial charge in [-0.1, -0.05) is 60.7 Å². The molecule has 0 aromatic heterocycles. The van der Waals surface area contributed by atoms with Crippen molar-refractivity contribution in [2.45, 2.75) is 37.9 Å². The van der Waals surface area contributed by atoms with Crippen molar-refractivity contribution in [1.29, 1.82) is 0 Å².